The number of nitrogens with two attached hydrogens (primary N) is 1. The molecule has 0 aliphatic rings. The Morgan fingerprint density at radius 3 is 2.35 bits per heavy atom. The predicted octanol–water partition coefficient (Wildman–Crippen LogP) is 2.07. The van der Waals surface area contributed by atoms with Crippen LogP contribution in [0.5, 0.6) is 5.75 Å². The molecule has 0 fully saturated rings. The molecule has 0 radical (unpaired) electrons. The third kappa shape index (κ3) is 6.25. The Morgan fingerprint density at radius 1 is 1.12 bits per heavy atom. The van der Waals surface area contributed by atoms with Crippen molar-refractivity contribution in [3.05, 3.63) is 63.1 Å². The number of ether oxygens (including phenoxy) is 4. The molecule has 11 heteroatoms. The Kier molecular flexibility index (Phi) is 9.84. The normalized spacial score (nSPS) is 12.0. The molecule has 2 rings (SSSR count). The van der Waals surface area contributed by atoms with Crippen molar-refractivity contribution in [3.63, 3.8) is 0 Å². The number of hydrogen-bond donors (Lipinski definition) is 1. The van der Waals surface area contributed by atoms with Gasteiger partial charge in [0.15, 0.2) is 23.5 Å². The summed E-state index contributed by atoms with van der Waals surface area (Å²) in [6.45, 7) is 3.15. The maximum atomic E-state index is 14.0. The summed E-state index contributed by atoms with van der Waals surface area (Å²) in [4.78, 5) is 39.0. The van der Waals surface area contributed by atoms with Crippen molar-refractivity contribution >= 4 is 11.8 Å². The summed E-state index contributed by atoms with van der Waals surface area (Å²) in [5, 5.41) is 0. The molecular formula is C23H28F2N2O7. The van der Waals surface area contributed by atoms with E-state index < -0.39 is 46.9 Å². The van der Waals surface area contributed by atoms with Gasteiger partial charge in [-0.1, -0.05) is 6.07 Å². The summed E-state index contributed by atoms with van der Waals surface area (Å²) in [6, 6.07) is 1.56. The number of methoxy groups -OCH3 is 2. The average Bonchev–Trinajstić information content (AvgIpc) is 2.80. The highest BCUT2D eigenvalue weighted by Crippen LogP contribution is 2.20. The maximum Gasteiger partial charge on any atom is 0.359 e. The van der Waals surface area contributed by atoms with Crippen molar-refractivity contribution in [2.24, 2.45) is 5.73 Å². The highest BCUT2D eigenvalue weighted by Gasteiger charge is 2.29. The largest absolute Gasteiger partial charge is 0.488 e. The summed E-state index contributed by atoms with van der Waals surface area (Å²) in [7, 11) is 2.76. The molecule has 0 bridgehead atoms. The number of carbonyl (C=O) groups is 2. The van der Waals surface area contributed by atoms with Gasteiger partial charge >= 0.3 is 5.97 Å². The molecule has 1 atom stereocenters. The Bertz CT molecular complexity index is 1080. The van der Waals surface area contributed by atoms with Crippen LogP contribution in [0.4, 0.5) is 8.78 Å². The first kappa shape index (κ1) is 27.1. The Hall–Kier alpha value is -3.15. The van der Waals surface area contributed by atoms with Crippen LogP contribution in [0.2, 0.25) is 0 Å². The molecule has 34 heavy (non-hydrogen) atoms. The summed E-state index contributed by atoms with van der Waals surface area (Å²) < 4.78 is 49.4. The number of rotatable bonds is 12. The SMILES string of the molecule is CCOC(=O)c1c(OCC)c(=O)c(C(=O)[C@@H](N)Cc2ccc(F)cc2F)cn1CC(OC)OC. The van der Waals surface area contributed by atoms with Gasteiger partial charge in [-0.05, 0) is 31.9 Å². The molecule has 0 aliphatic heterocycles. The highest BCUT2D eigenvalue weighted by atomic mass is 19.1. The van der Waals surface area contributed by atoms with Gasteiger partial charge in [-0.25, -0.2) is 13.6 Å². The summed E-state index contributed by atoms with van der Waals surface area (Å²) in [5.41, 5.74) is 4.53. The van der Waals surface area contributed by atoms with E-state index in [2.05, 4.69) is 0 Å². The molecule has 0 saturated carbocycles. The molecule has 1 aromatic carbocycles. The van der Waals surface area contributed by atoms with Gasteiger partial charge in [0.25, 0.3) is 0 Å². The Balaban J connectivity index is 2.59. The molecule has 2 aromatic rings. The summed E-state index contributed by atoms with van der Waals surface area (Å²) in [6.07, 6.45) is 0.0214. The highest BCUT2D eigenvalue weighted by molar-refractivity contribution is 6.01. The predicted molar refractivity (Wildman–Crippen MR) is 118 cm³/mol. The number of carbonyl (C=O) groups excluding carboxylic acids is 2. The van der Waals surface area contributed by atoms with Gasteiger partial charge in [-0.15, -0.1) is 0 Å². The number of hydrogen-bond acceptors (Lipinski definition) is 8. The van der Waals surface area contributed by atoms with Crippen LogP contribution < -0.4 is 15.9 Å². The third-order valence-corrected chi connectivity index (χ3v) is 4.92. The van der Waals surface area contributed by atoms with Crippen molar-refractivity contribution in [3.8, 4) is 5.75 Å². The first-order chi connectivity index (χ1) is 16.2. The van der Waals surface area contributed by atoms with Crippen molar-refractivity contribution in [1.82, 2.24) is 4.57 Å². The molecule has 2 N–H and O–H groups in total. The first-order valence-corrected chi connectivity index (χ1v) is 10.5. The van der Waals surface area contributed by atoms with Crippen LogP contribution in [0.25, 0.3) is 0 Å². The molecule has 0 unspecified atom stereocenters. The van der Waals surface area contributed by atoms with Crippen LogP contribution in [0, 0.1) is 11.6 Å². The number of aromatic nitrogens is 1. The standard InChI is InChI=1S/C23H28F2N2O7/c1-5-33-22-19(23(30)34-6-2)27(12-18(31-3)32-4)11-15(21(22)29)20(28)17(26)9-13-7-8-14(24)10-16(13)25/h7-8,10-11,17-18H,5-6,9,12,26H2,1-4H3/t17-/m0/s1. The van der Waals surface area contributed by atoms with Gasteiger partial charge in [0.1, 0.15) is 11.6 Å². The van der Waals surface area contributed by atoms with E-state index in [0.29, 0.717) is 6.07 Å². The molecule has 0 aliphatic carbocycles. The maximum absolute atomic E-state index is 14.0. The minimum absolute atomic E-state index is 0.00887. The number of esters is 1. The summed E-state index contributed by atoms with van der Waals surface area (Å²) in [5.74, 6) is -3.68. The molecule has 9 nitrogen and oxygen atoms in total. The van der Waals surface area contributed by atoms with E-state index in [4.69, 9.17) is 24.7 Å². The lowest BCUT2D eigenvalue weighted by Gasteiger charge is -2.21. The van der Waals surface area contributed by atoms with Crippen LogP contribution in [0.1, 0.15) is 40.3 Å². The third-order valence-electron chi connectivity index (χ3n) is 4.92. The van der Waals surface area contributed by atoms with E-state index in [0.717, 1.165) is 12.3 Å². The fraction of sp³-hybridized carbons (Fsp3) is 0.435. The zero-order chi connectivity index (χ0) is 25.4. The fourth-order valence-electron chi connectivity index (χ4n) is 3.27. The molecule has 1 aromatic heterocycles. The van der Waals surface area contributed by atoms with Crippen molar-refractivity contribution in [2.45, 2.75) is 39.1 Å². The molecule has 0 saturated heterocycles. The molecule has 1 heterocycles. The number of pyridine rings is 1. The van der Waals surface area contributed by atoms with Crippen molar-refractivity contribution in [2.75, 3.05) is 27.4 Å². The van der Waals surface area contributed by atoms with Crippen LogP contribution in [0.15, 0.2) is 29.2 Å². The van der Waals surface area contributed by atoms with Crippen molar-refractivity contribution in [1.29, 1.82) is 0 Å². The zero-order valence-corrected chi connectivity index (χ0v) is 19.4. The van der Waals surface area contributed by atoms with Gasteiger partial charge < -0.3 is 29.2 Å². The lowest BCUT2D eigenvalue weighted by Crippen LogP contribution is -2.38. The number of nitrogens with zero attached hydrogens (tertiary/aromatic N) is 1. The Labute approximate surface area is 195 Å². The second-order valence-electron chi connectivity index (χ2n) is 7.17. The fourth-order valence-corrected chi connectivity index (χ4v) is 3.27. The van der Waals surface area contributed by atoms with E-state index in [1.165, 1.54) is 24.9 Å². The topological polar surface area (TPSA) is 119 Å². The summed E-state index contributed by atoms with van der Waals surface area (Å²) >= 11 is 0. The average molecular weight is 482 g/mol. The van der Waals surface area contributed by atoms with E-state index in [1.54, 1.807) is 13.8 Å². The molecular weight excluding hydrogens is 454 g/mol. The zero-order valence-electron chi connectivity index (χ0n) is 19.4. The van der Waals surface area contributed by atoms with Crippen LogP contribution >= 0.6 is 0 Å². The van der Waals surface area contributed by atoms with Gasteiger partial charge in [0.2, 0.25) is 5.43 Å². The number of benzene rings is 1. The first-order valence-electron chi connectivity index (χ1n) is 10.5. The smallest absolute Gasteiger partial charge is 0.359 e. The number of halogens is 2. The van der Waals surface area contributed by atoms with Gasteiger partial charge in [0.05, 0.1) is 31.4 Å². The minimum Gasteiger partial charge on any atom is -0.488 e. The lowest BCUT2D eigenvalue weighted by atomic mass is 9.98. The minimum atomic E-state index is -1.33. The van der Waals surface area contributed by atoms with Crippen LogP contribution in [-0.2, 0) is 27.2 Å². The van der Waals surface area contributed by atoms with Crippen LogP contribution in [0.3, 0.4) is 0 Å². The lowest BCUT2D eigenvalue weighted by molar-refractivity contribution is -0.111. The Morgan fingerprint density at radius 2 is 1.79 bits per heavy atom. The number of ketones is 1. The second-order valence-corrected chi connectivity index (χ2v) is 7.17. The van der Waals surface area contributed by atoms with E-state index >= 15 is 0 Å². The molecule has 186 valence electrons. The van der Waals surface area contributed by atoms with Gasteiger partial charge in [-0.2, -0.15) is 0 Å². The van der Waals surface area contributed by atoms with Crippen molar-refractivity contribution < 1.29 is 37.3 Å². The van der Waals surface area contributed by atoms with Gasteiger partial charge in [0, 0.05) is 26.5 Å². The van der Waals surface area contributed by atoms with Crippen LogP contribution in [-0.4, -0.2) is 56.1 Å². The van der Waals surface area contributed by atoms with E-state index in [1.807, 2.05) is 0 Å². The molecule has 0 amide bonds. The van der Waals surface area contributed by atoms with Gasteiger partial charge in [-0.3, -0.25) is 9.59 Å². The van der Waals surface area contributed by atoms with E-state index in [9.17, 15) is 23.2 Å². The number of Topliss-reactive ketones (excluding diaryl/α,β-unsaturated/α-hetero) is 1. The quantitative estimate of drug-likeness (QED) is 0.277. The second kappa shape index (κ2) is 12.4. The molecule has 0 spiro atoms. The van der Waals surface area contributed by atoms with E-state index in [-0.39, 0.29) is 43.0 Å². The monoisotopic (exact) mass is 482 g/mol.